The van der Waals surface area contributed by atoms with Gasteiger partial charge in [-0.15, -0.1) is 35.3 Å². The summed E-state index contributed by atoms with van der Waals surface area (Å²) in [7, 11) is 1.72. The lowest BCUT2D eigenvalue weighted by Gasteiger charge is -2.25. The molecule has 0 amide bonds. The highest BCUT2D eigenvalue weighted by Crippen LogP contribution is 2.26. The van der Waals surface area contributed by atoms with Crippen molar-refractivity contribution >= 4 is 52.9 Å². The number of aliphatic hydroxyl groups is 1. The number of aliphatic imine (C=N–C) groups is 1. The van der Waals surface area contributed by atoms with Crippen molar-refractivity contribution in [1.82, 2.24) is 25.4 Å². The zero-order valence-corrected chi connectivity index (χ0v) is 17.0. The number of halogens is 2. The van der Waals surface area contributed by atoms with Crippen molar-refractivity contribution in [3.8, 4) is 0 Å². The van der Waals surface area contributed by atoms with E-state index >= 15 is 0 Å². The highest BCUT2D eigenvalue weighted by molar-refractivity contribution is 14.0. The molecule has 7 nitrogen and oxygen atoms in total. The van der Waals surface area contributed by atoms with E-state index < -0.39 is 6.10 Å². The van der Waals surface area contributed by atoms with Crippen LogP contribution in [0.1, 0.15) is 23.2 Å². The van der Waals surface area contributed by atoms with Crippen LogP contribution in [-0.4, -0.2) is 45.5 Å². The van der Waals surface area contributed by atoms with Crippen molar-refractivity contribution in [3.63, 3.8) is 0 Å². The molecule has 24 heavy (non-hydrogen) atoms. The van der Waals surface area contributed by atoms with Crippen LogP contribution in [-0.2, 0) is 13.0 Å². The number of rotatable bonds is 4. The van der Waals surface area contributed by atoms with Gasteiger partial charge in [0.2, 0.25) is 0 Å². The van der Waals surface area contributed by atoms with Gasteiger partial charge in [-0.05, 0) is 18.6 Å². The van der Waals surface area contributed by atoms with Crippen LogP contribution < -0.4 is 10.6 Å². The normalized spacial score (nSPS) is 18.5. The summed E-state index contributed by atoms with van der Waals surface area (Å²) in [5.74, 6) is 1.69. The monoisotopic (exact) mass is 482 g/mol. The van der Waals surface area contributed by atoms with Crippen LogP contribution in [0, 0.1) is 0 Å². The van der Waals surface area contributed by atoms with Gasteiger partial charge in [0.25, 0.3) is 0 Å². The predicted octanol–water partition coefficient (Wildman–Crippen LogP) is 1.82. The van der Waals surface area contributed by atoms with E-state index in [4.69, 9.17) is 11.6 Å². The third-order valence-corrected chi connectivity index (χ3v) is 5.09. The van der Waals surface area contributed by atoms with E-state index in [2.05, 4.69) is 25.7 Å². The molecule has 2 atom stereocenters. The van der Waals surface area contributed by atoms with Gasteiger partial charge in [-0.2, -0.15) is 5.10 Å². The molecule has 0 radical (unpaired) electrons. The first-order chi connectivity index (χ1) is 11.2. The second-order valence-corrected chi connectivity index (χ2v) is 7.10. The maximum absolute atomic E-state index is 10.2. The molecule has 132 valence electrons. The number of nitrogens with zero attached hydrogens (tertiary/aromatic N) is 4. The van der Waals surface area contributed by atoms with Gasteiger partial charge in [-0.3, -0.25) is 4.99 Å². The largest absolute Gasteiger partial charge is 0.386 e. The summed E-state index contributed by atoms with van der Waals surface area (Å²) in [6, 6.07) is 3.86. The number of hydrogen-bond acceptors (Lipinski definition) is 5. The minimum Gasteiger partial charge on any atom is -0.386 e. The van der Waals surface area contributed by atoms with Crippen molar-refractivity contribution in [2.24, 2.45) is 4.99 Å². The summed E-state index contributed by atoms with van der Waals surface area (Å²) in [4.78, 5) is 9.27. The second kappa shape index (κ2) is 8.97. The number of guanidine groups is 1. The number of aromatic nitrogens is 3. The van der Waals surface area contributed by atoms with E-state index in [1.54, 1.807) is 19.4 Å². The third kappa shape index (κ3) is 4.80. The number of aliphatic hydroxyl groups excluding tert-OH is 1. The zero-order valence-electron chi connectivity index (χ0n) is 13.1. The molecular formula is C14H20ClIN6OS. The van der Waals surface area contributed by atoms with E-state index in [0.717, 1.165) is 30.1 Å². The summed E-state index contributed by atoms with van der Waals surface area (Å²) >= 11 is 7.27. The fourth-order valence-corrected chi connectivity index (χ4v) is 3.59. The maximum Gasteiger partial charge on any atom is 0.191 e. The Balaban J connectivity index is 0.00000208. The van der Waals surface area contributed by atoms with E-state index in [1.807, 2.05) is 10.7 Å². The molecule has 3 heterocycles. The molecule has 3 N–H and O–H groups in total. The average molecular weight is 483 g/mol. The lowest BCUT2D eigenvalue weighted by Crippen LogP contribution is -2.47. The minimum atomic E-state index is -0.612. The van der Waals surface area contributed by atoms with Crippen LogP contribution in [0.5, 0.6) is 0 Å². The molecule has 0 bridgehead atoms. The molecule has 2 aromatic rings. The van der Waals surface area contributed by atoms with Gasteiger partial charge in [0.15, 0.2) is 5.96 Å². The van der Waals surface area contributed by atoms with Crippen molar-refractivity contribution in [1.29, 1.82) is 0 Å². The molecule has 0 saturated heterocycles. The van der Waals surface area contributed by atoms with E-state index in [-0.39, 0.29) is 30.0 Å². The highest BCUT2D eigenvalue weighted by atomic mass is 127. The standard InChI is InChI=1S/C14H19ClN6OS.HI/c1-16-14(17-6-10(22)11-3-4-12(15)23-11)20-9-2-5-13-18-8-19-21(13)7-9;/h3-4,8-10,22H,2,5-7H2,1H3,(H2,16,17,20);1H. The molecule has 1 aliphatic heterocycles. The molecule has 0 fully saturated rings. The van der Waals surface area contributed by atoms with Crippen LogP contribution in [0.4, 0.5) is 0 Å². The predicted molar refractivity (Wildman–Crippen MR) is 106 cm³/mol. The summed E-state index contributed by atoms with van der Waals surface area (Å²) in [5.41, 5.74) is 0. The maximum atomic E-state index is 10.2. The molecule has 1 aliphatic rings. The first kappa shape index (κ1) is 19.4. The Labute approximate surface area is 166 Å². The lowest BCUT2D eigenvalue weighted by atomic mass is 10.1. The summed E-state index contributed by atoms with van der Waals surface area (Å²) in [6.07, 6.45) is 2.85. The smallest absolute Gasteiger partial charge is 0.191 e. The molecule has 0 aromatic carbocycles. The van der Waals surface area contributed by atoms with Gasteiger partial charge in [0, 0.05) is 30.9 Å². The Bertz CT molecular complexity index is 690. The third-order valence-electron chi connectivity index (χ3n) is 3.76. The Morgan fingerprint density at radius 2 is 2.42 bits per heavy atom. The summed E-state index contributed by atoms with van der Waals surface area (Å²) in [5, 5.41) is 20.9. The molecule has 0 saturated carbocycles. The van der Waals surface area contributed by atoms with Crippen molar-refractivity contribution in [2.45, 2.75) is 31.5 Å². The zero-order chi connectivity index (χ0) is 16.2. The number of thiophene rings is 1. The summed E-state index contributed by atoms with van der Waals surface area (Å²) in [6.45, 7) is 1.14. The Kier molecular flexibility index (Phi) is 7.26. The lowest BCUT2D eigenvalue weighted by molar-refractivity contribution is 0.184. The molecule has 0 aliphatic carbocycles. The van der Waals surface area contributed by atoms with Gasteiger partial charge in [-0.25, -0.2) is 9.67 Å². The van der Waals surface area contributed by atoms with E-state index in [9.17, 15) is 5.11 Å². The fraction of sp³-hybridized carbons (Fsp3) is 0.500. The highest BCUT2D eigenvalue weighted by Gasteiger charge is 2.21. The number of hydrogen-bond donors (Lipinski definition) is 3. The van der Waals surface area contributed by atoms with Crippen LogP contribution in [0.2, 0.25) is 4.34 Å². The van der Waals surface area contributed by atoms with Gasteiger partial charge in [0.1, 0.15) is 18.3 Å². The molecule has 3 rings (SSSR count). The molecule has 0 spiro atoms. The van der Waals surface area contributed by atoms with Crippen molar-refractivity contribution < 1.29 is 5.11 Å². The topological polar surface area (TPSA) is 87.4 Å². The molecule has 10 heteroatoms. The Hall–Kier alpha value is -0.910. The van der Waals surface area contributed by atoms with Gasteiger partial charge in [0.05, 0.1) is 10.9 Å². The van der Waals surface area contributed by atoms with Crippen LogP contribution in [0.25, 0.3) is 0 Å². The van der Waals surface area contributed by atoms with Crippen LogP contribution in [0.3, 0.4) is 0 Å². The fourth-order valence-electron chi connectivity index (χ4n) is 2.54. The van der Waals surface area contributed by atoms with Gasteiger partial charge in [-0.1, -0.05) is 11.6 Å². The minimum absolute atomic E-state index is 0. The average Bonchev–Trinajstić information content (AvgIpc) is 3.19. The van der Waals surface area contributed by atoms with Gasteiger partial charge < -0.3 is 15.7 Å². The van der Waals surface area contributed by atoms with E-state index in [0.29, 0.717) is 16.8 Å². The first-order valence-corrected chi connectivity index (χ1v) is 8.62. The van der Waals surface area contributed by atoms with Crippen molar-refractivity contribution in [3.05, 3.63) is 33.5 Å². The van der Waals surface area contributed by atoms with Crippen LogP contribution >= 0.6 is 46.9 Å². The number of nitrogens with one attached hydrogen (secondary N) is 2. The Morgan fingerprint density at radius 1 is 1.58 bits per heavy atom. The van der Waals surface area contributed by atoms with Crippen LogP contribution in [0.15, 0.2) is 23.5 Å². The van der Waals surface area contributed by atoms with E-state index in [1.165, 1.54) is 11.3 Å². The molecular weight excluding hydrogens is 463 g/mol. The van der Waals surface area contributed by atoms with Crippen molar-refractivity contribution in [2.75, 3.05) is 13.6 Å². The Morgan fingerprint density at radius 3 is 3.12 bits per heavy atom. The van der Waals surface area contributed by atoms with Gasteiger partial charge >= 0.3 is 0 Å². The summed E-state index contributed by atoms with van der Waals surface area (Å²) < 4.78 is 2.59. The number of fused-ring (bicyclic) bond motifs is 1. The first-order valence-electron chi connectivity index (χ1n) is 7.43. The SMILES string of the molecule is CN=C(NCC(O)c1ccc(Cl)s1)NC1CCc2ncnn2C1.I. The number of aryl methyl sites for hydroxylation is 1. The molecule has 2 unspecified atom stereocenters. The quantitative estimate of drug-likeness (QED) is 0.352. The second-order valence-electron chi connectivity index (χ2n) is 5.35. The molecule has 2 aromatic heterocycles.